The highest BCUT2D eigenvalue weighted by molar-refractivity contribution is 6.04. The van der Waals surface area contributed by atoms with Gasteiger partial charge in [0.05, 0.1) is 12.2 Å². The number of carbonyl (C=O) groups excluding carboxylic acids is 1. The number of halogens is 3. The van der Waals surface area contributed by atoms with Gasteiger partial charge in [-0.2, -0.15) is 13.2 Å². The number of aliphatic hydroxyl groups excluding tert-OH is 1. The number of fused-ring (bicyclic) bond motifs is 1. The number of carboxylic acid groups (broad SMARTS) is 1. The van der Waals surface area contributed by atoms with Crippen LogP contribution in [0.1, 0.15) is 39.2 Å². The number of carboxylic acids is 1. The lowest BCUT2D eigenvalue weighted by atomic mass is 9.78. The predicted molar refractivity (Wildman–Crippen MR) is 58.4 cm³/mol. The van der Waals surface area contributed by atoms with Crippen LogP contribution in [0.4, 0.5) is 13.2 Å². The fourth-order valence-corrected chi connectivity index (χ4v) is 2.44. The van der Waals surface area contributed by atoms with Crippen LogP contribution in [-0.2, 0) is 12.6 Å². The summed E-state index contributed by atoms with van der Waals surface area (Å²) in [5.41, 5.74) is -2.32. The van der Waals surface area contributed by atoms with Crippen molar-refractivity contribution in [3.05, 3.63) is 22.6 Å². The molecule has 1 aromatic heterocycles. The Labute approximate surface area is 111 Å². The van der Waals surface area contributed by atoms with Crippen LogP contribution in [0, 0.1) is 11.8 Å². The third-order valence-corrected chi connectivity index (χ3v) is 3.43. The van der Waals surface area contributed by atoms with Gasteiger partial charge in [-0.25, -0.2) is 4.79 Å². The standard InChI is InChI=1S/C12H11F3O5/c1-4-2-6-7(9(17)5(4)3-16)8(12(13,14)15)10(20-6)11(18)19/h4-5,16H,2-3H2,1H3,(H,18,19). The van der Waals surface area contributed by atoms with Crippen LogP contribution in [0.15, 0.2) is 4.42 Å². The third kappa shape index (κ3) is 2.09. The lowest BCUT2D eigenvalue weighted by Crippen LogP contribution is -2.33. The summed E-state index contributed by atoms with van der Waals surface area (Å²) in [5.74, 6) is -5.77. The van der Waals surface area contributed by atoms with Gasteiger partial charge in [0.1, 0.15) is 11.3 Å². The first-order chi connectivity index (χ1) is 9.18. The number of Topliss-reactive ketones (excluding diaryl/α,β-unsaturated/α-hetero) is 1. The first-order valence-electron chi connectivity index (χ1n) is 5.79. The first kappa shape index (κ1) is 14.6. The second kappa shape index (κ2) is 4.62. The minimum atomic E-state index is -5.01. The van der Waals surface area contributed by atoms with Crippen molar-refractivity contribution < 1.29 is 37.4 Å². The summed E-state index contributed by atoms with van der Waals surface area (Å²) in [7, 11) is 0. The molecule has 2 unspecified atom stereocenters. The number of alkyl halides is 3. The zero-order chi connectivity index (χ0) is 15.2. The van der Waals surface area contributed by atoms with Crippen LogP contribution in [0.5, 0.6) is 0 Å². The van der Waals surface area contributed by atoms with E-state index in [1.165, 1.54) is 0 Å². The quantitative estimate of drug-likeness (QED) is 0.870. The molecule has 0 aromatic carbocycles. The minimum absolute atomic E-state index is 0.0251. The summed E-state index contributed by atoms with van der Waals surface area (Å²) in [6.45, 7) is 0.988. The second-order valence-corrected chi connectivity index (χ2v) is 4.74. The molecule has 2 atom stereocenters. The molecule has 1 aromatic rings. The van der Waals surface area contributed by atoms with E-state index in [4.69, 9.17) is 14.6 Å². The molecule has 0 aliphatic heterocycles. The highest BCUT2D eigenvalue weighted by Gasteiger charge is 2.48. The van der Waals surface area contributed by atoms with Gasteiger partial charge in [0.15, 0.2) is 5.78 Å². The molecule has 0 fully saturated rings. The molecule has 5 nitrogen and oxygen atoms in total. The summed E-state index contributed by atoms with van der Waals surface area (Å²) in [6, 6.07) is 0. The van der Waals surface area contributed by atoms with Crippen molar-refractivity contribution in [2.75, 3.05) is 6.61 Å². The Morgan fingerprint density at radius 1 is 1.45 bits per heavy atom. The molecule has 110 valence electrons. The van der Waals surface area contributed by atoms with Gasteiger partial charge in [-0.15, -0.1) is 0 Å². The Morgan fingerprint density at radius 2 is 2.05 bits per heavy atom. The van der Waals surface area contributed by atoms with Crippen LogP contribution in [0.2, 0.25) is 0 Å². The van der Waals surface area contributed by atoms with E-state index < -0.39 is 53.3 Å². The average molecular weight is 292 g/mol. The van der Waals surface area contributed by atoms with Gasteiger partial charge in [0, 0.05) is 12.3 Å². The van der Waals surface area contributed by atoms with Crippen LogP contribution in [0.25, 0.3) is 0 Å². The zero-order valence-corrected chi connectivity index (χ0v) is 10.3. The van der Waals surface area contributed by atoms with Crippen LogP contribution in [-0.4, -0.2) is 28.6 Å². The smallest absolute Gasteiger partial charge is 0.421 e. The minimum Gasteiger partial charge on any atom is -0.475 e. The number of carbonyl (C=O) groups is 2. The second-order valence-electron chi connectivity index (χ2n) is 4.74. The lowest BCUT2D eigenvalue weighted by molar-refractivity contribution is -0.138. The first-order valence-corrected chi connectivity index (χ1v) is 5.79. The Hall–Kier alpha value is -1.83. The van der Waals surface area contributed by atoms with Crippen molar-refractivity contribution in [1.29, 1.82) is 0 Å². The Balaban J connectivity index is 2.70. The number of hydrogen-bond acceptors (Lipinski definition) is 4. The summed E-state index contributed by atoms with van der Waals surface area (Å²) < 4.78 is 43.7. The highest BCUT2D eigenvalue weighted by Crippen LogP contribution is 2.42. The maximum Gasteiger partial charge on any atom is 0.421 e. The van der Waals surface area contributed by atoms with Crippen molar-refractivity contribution >= 4 is 11.8 Å². The number of furan rings is 1. The largest absolute Gasteiger partial charge is 0.475 e. The van der Waals surface area contributed by atoms with E-state index >= 15 is 0 Å². The zero-order valence-electron chi connectivity index (χ0n) is 10.3. The fourth-order valence-electron chi connectivity index (χ4n) is 2.44. The number of aromatic carboxylic acids is 1. The predicted octanol–water partition coefficient (Wildman–Crippen LogP) is 1.98. The summed E-state index contributed by atoms with van der Waals surface area (Å²) in [4.78, 5) is 22.9. The van der Waals surface area contributed by atoms with E-state index in [0.717, 1.165) is 0 Å². The molecule has 20 heavy (non-hydrogen) atoms. The van der Waals surface area contributed by atoms with E-state index in [0.29, 0.717) is 0 Å². The number of aliphatic hydroxyl groups is 1. The Kier molecular flexibility index (Phi) is 3.37. The Bertz CT molecular complexity index is 572. The summed E-state index contributed by atoms with van der Waals surface area (Å²) in [6.07, 6.45) is -5.04. The fraction of sp³-hybridized carbons (Fsp3) is 0.500. The van der Waals surface area contributed by atoms with Gasteiger partial charge >= 0.3 is 12.1 Å². The van der Waals surface area contributed by atoms with Crippen LogP contribution in [0.3, 0.4) is 0 Å². The van der Waals surface area contributed by atoms with Gasteiger partial charge in [0.2, 0.25) is 5.76 Å². The lowest BCUT2D eigenvalue weighted by Gasteiger charge is -2.25. The van der Waals surface area contributed by atoms with E-state index in [1.807, 2.05) is 0 Å². The SMILES string of the molecule is CC1Cc2oc(C(=O)O)c(C(F)(F)F)c2C(=O)C1CO. The van der Waals surface area contributed by atoms with Crippen molar-refractivity contribution in [3.63, 3.8) is 0 Å². The van der Waals surface area contributed by atoms with E-state index in [2.05, 4.69) is 0 Å². The molecular weight excluding hydrogens is 281 g/mol. The number of ketones is 1. The molecule has 0 saturated heterocycles. The summed E-state index contributed by atoms with van der Waals surface area (Å²) in [5, 5.41) is 17.9. The van der Waals surface area contributed by atoms with Crippen molar-refractivity contribution in [2.45, 2.75) is 19.5 Å². The topological polar surface area (TPSA) is 87.7 Å². The molecular formula is C12H11F3O5. The van der Waals surface area contributed by atoms with E-state index in [-0.39, 0.29) is 12.2 Å². The van der Waals surface area contributed by atoms with Crippen molar-refractivity contribution in [2.24, 2.45) is 11.8 Å². The molecule has 8 heteroatoms. The average Bonchev–Trinajstić information content (AvgIpc) is 2.68. The monoisotopic (exact) mass is 292 g/mol. The molecule has 0 saturated carbocycles. The molecule has 1 heterocycles. The molecule has 0 spiro atoms. The third-order valence-electron chi connectivity index (χ3n) is 3.43. The number of hydrogen-bond donors (Lipinski definition) is 2. The van der Waals surface area contributed by atoms with E-state index in [1.54, 1.807) is 6.92 Å². The van der Waals surface area contributed by atoms with Crippen LogP contribution < -0.4 is 0 Å². The number of rotatable bonds is 2. The molecule has 2 rings (SSSR count). The van der Waals surface area contributed by atoms with Crippen LogP contribution >= 0.6 is 0 Å². The van der Waals surface area contributed by atoms with Crippen molar-refractivity contribution in [3.8, 4) is 0 Å². The molecule has 1 aliphatic rings. The van der Waals surface area contributed by atoms with Gasteiger partial charge < -0.3 is 14.6 Å². The van der Waals surface area contributed by atoms with Gasteiger partial charge in [0.25, 0.3) is 0 Å². The molecule has 1 aliphatic carbocycles. The molecule has 2 N–H and O–H groups in total. The summed E-state index contributed by atoms with van der Waals surface area (Å²) >= 11 is 0. The van der Waals surface area contributed by atoms with Crippen molar-refractivity contribution in [1.82, 2.24) is 0 Å². The maximum absolute atomic E-state index is 13.0. The molecule has 0 radical (unpaired) electrons. The normalized spacial score (nSPS) is 22.8. The van der Waals surface area contributed by atoms with Gasteiger partial charge in [-0.05, 0) is 5.92 Å². The molecule has 0 amide bonds. The maximum atomic E-state index is 13.0. The molecule has 0 bridgehead atoms. The van der Waals surface area contributed by atoms with E-state index in [9.17, 15) is 22.8 Å². The van der Waals surface area contributed by atoms with Gasteiger partial charge in [-0.3, -0.25) is 4.79 Å². The highest BCUT2D eigenvalue weighted by atomic mass is 19.4. The van der Waals surface area contributed by atoms with Gasteiger partial charge in [-0.1, -0.05) is 6.92 Å². The Morgan fingerprint density at radius 3 is 2.50 bits per heavy atom.